The Morgan fingerprint density at radius 3 is 2.42 bits per heavy atom. The van der Waals surface area contributed by atoms with Gasteiger partial charge in [-0.3, -0.25) is 4.79 Å². The molecule has 106 valence electrons. The number of aliphatic hydroxyl groups is 1. The second-order valence-corrected chi connectivity index (χ2v) is 6.65. The lowest BCUT2D eigenvalue weighted by Crippen LogP contribution is -2.47. The number of carboxylic acids is 1. The summed E-state index contributed by atoms with van der Waals surface area (Å²) in [5, 5.41) is 18.2. The summed E-state index contributed by atoms with van der Waals surface area (Å²) in [6, 6.07) is 2.96. The summed E-state index contributed by atoms with van der Waals surface area (Å²) in [5.74, 6) is -1.44. The van der Waals surface area contributed by atoms with E-state index in [9.17, 15) is 18.3 Å². The fourth-order valence-electron chi connectivity index (χ4n) is 1.41. The summed E-state index contributed by atoms with van der Waals surface area (Å²) in [7, 11) is -4.03. The first kappa shape index (κ1) is 16.1. The SMILES string of the molecule is Cc1ccc(S(=O)(=O)NC(C(=O)O)C(C)O)c(Br)c1. The summed E-state index contributed by atoms with van der Waals surface area (Å²) < 4.78 is 26.4. The quantitative estimate of drug-likeness (QED) is 0.730. The van der Waals surface area contributed by atoms with Crippen molar-refractivity contribution in [1.29, 1.82) is 0 Å². The number of aliphatic carboxylic acids is 1. The van der Waals surface area contributed by atoms with E-state index in [0.717, 1.165) is 5.56 Å². The van der Waals surface area contributed by atoms with Gasteiger partial charge in [0.25, 0.3) is 0 Å². The number of sulfonamides is 1. The Bertz CT molecular complexity index is 585. The van der Waals surface area contributed by atoms with Crippen molar-refractivity contribution in [3.63, 3.8) is 0 Å². The van der Waals surface area contributed by atoms with Crippen molar-refractivity contribution < 1.29 is 23.4 Å². The predicted octanol–water partition coefficient (Wildman–Crippen LogP) is 0.870. The second-order valence-electron chi connectivity index (χ2n) is 4.11. The molecule has 0 amide bonds. The number of rotatable bonds is 5. The minimum Gasteiger partial charge on any atom is -0.480 e. The third-order valence-corrected chi connectivity index (χ3v) is 4.83. The number of halogens is 1. The maximum absolute atomic E-state index is 12.1. The highest BCUT2D eigenvalue weighted by atomic mass is 79.9. The molecule has 2 atom stereocenters. The van der Waals surface area contributed by atoms with Crippen LogP contribution in [0.15, 0.2) is 27.6 Å². The van der Waals surface area contributed by atoms with E-state index in [-0.39, 0.29) is 4.90 Å². The first-order valence-corrected chi connectivity index (χ1v) is 7.62. The fourth-order valence-corrected chi connectivity index (χ4v) is 3.86. The molecule has 0 fully saturated rings. The van der Waals surface area contributed by atoms with Crippen LogP contribution in [0.4, 0.5) is 0 Å². The van der Waals surface area contributed by atoms with Crippen LogP contribution in [0.1, 0.15) is 12.5 Å². The molecule has 1 aromatic rings. The lowest BCUT2D eigenvalue weighted by molar-refractivity contribution is -0.141. The molecule has 0 spiro atoms. The van der Waals surface area contributed by atoms with Gasteiger partial charge in [-0.15, -0.1) is 0 Å². The maximum Gasteiger partial charge on any atom is 0.324 e. The molecular formula is C11H14BrNO5S. The molecule has 8 heteroatoms. The van der Waals surface area contributed by atoms with E-state index < -0.39 is 28.1 Å². The van der Waals surface area contributed by atoms with Crippen LogP contribution in [-0.4, -0.2) is 36.7 Å². The lowest BCUT2D eigenvalue weighted by atomic mass is 10.2. The first-order valence-electron chi connectivity index (χ1n) is 5.34. The zero-order valence-electron chi connectivity index (χ0n) is 10.3. The molecule has 2 unspecified atom stereocenters. The Labute approximate surface area is 119 Å². The molecule has 0 bridgehead atoms. The van der Waals surface area contributed by atoms with Crippen molar-refractivity contribution >= 4 is 31.9 Å². The standard InChI is InChI=1S/C11H14BrNO5S/c1-6-3-4-9(8(12)5-6)19(17,18)13-10(7(2)14)11(15)16/h3-5,7,10,13-14H,1-2H3,(H,15,16). The van der Waals surface area contributed by atoms with Crippen LogP contribution in [-0.2, 0) is 14.8 Å². The van der Waals surface area contributed by atoms with Gasteiger partial charge >= 0.3 is 5.97 Å². The predicted molar refractivity (Wildman–Crippen MR) is 72.3 cm³/mol. The third kappa shape index (κ3) is 4.00. The molecule has 0 saturated heterocycles. The van der Waals surface area contributed by atoms with Gasteiger partial charge in [-0.2, -0.15) is 4.72 Å². The van der Waals surface area contributed by atoms with Crippen molar-refractivity contribution in [3.8, 4) is 0 Å². The molecule has 0 saturated carbocycles. The zero-order chi connectivity index (χ0) is 14.8. The number of nitrogens with one attached hydrogen (secondary N) is 1. The Balaban J connectivity index is 3.14. The van der Waals surface area contributed by atoms with Crippen LogP contribution in [0.2, 0.25) is 0 Å². The number of carbonyl (C=O) groups is 1. The van der Waals surface area contributed by atoms with Crippen molar-refractivity contribution in [1.82, 2.24) is 4.72 Å². The highest BCUT2D eigenvalue weighted by molar-refractivity contribution is 9.10. The number of hydrogen-bond acceptors (Lipinski definition) is 4. The van der Waals surface area contributed by atoms with E-state index in [1.807, 2.05) is 4.72 Å². The van der Waals surface area contributed by atoms with Gasteiger partial charge in [-0.25, -0.2) is 8.42 Å². The van der Waals surface area contributed by atoms with E-state index >= 15 is 0 Å². The molecule has 0 heterocycles. The van der Waals surface area contributed by atoms with Crippen LogP contribution in [0.25, 0.3) is 0 Å². The van der Waals surface area contributed by atoms with E-state index in [0.29, 0.717) is 4.47 Å². The van der Waals surface area contributed by atoms with Gasteiger partial charge in [-0.1, -0.05) is 6.07 Å². The van der Waals surface area contributed by atoms with Crippen molar-refractivity contribution in [2.75, 3.05) is 0 Å². The topological polar surface area (TPSA) is 104 Å². The van der Waals surface area contributed by atoms with Gasteiger partial charge in [0.1, 0.15) is 6.04 Å². The minimum absolute atomic E-state index is 0.0787. The molecule has 6 nitrogen and oxygen atoms in total. The molecule has 0 aliphatic heterocycles. The molecule has 0 aromatic heterocycles. The summed E-state index contributed by atoms with van der Waals surface area (Å²) in [6.07, 6.45) is -1.35. The van der Waals surface area contributed by atoms with Crippen molar-refractivity contribution in [2.45, 2.75) is 30.9 Å². The largest absolute Gasteiger partial charge is 0.480 e. The van der Waals surface area contributed by atoms with Crippen molar-refractivity contribution in [2.24, 2.45) is 0 Å². The Morgan fingerprint density at radius 2 is 2.00 bits per heavy atom. The number of benzene rings is 1. The third-order valence-electron chi connectivity index (χ3n) is 2.41. The second kappa shape index (κ2) is 6.00. The van der Waals surface area contributed by atoms with Gasteiger partial charge in [0.15, 0.2) is 0 Å². The van der Waals surface area contributed by atoms with Gasteiger partial charge in [0, 0.05) is 4.47 Å². The van der Waals surface area contributed by atoms with E-state index in [2.05, 4.69) is 15.9 Å². The van der Waals surface area contributed by atoms with Gasteiger partial charge in [0.05, 0.1) is 11.0 Å². The lowest BCUT2D eigenvalue weighted by Gasteiger charge is -2.17. The highest BCUT2D eigenvalue weighted by Crippen LogP contribution is 2.23. The zero-order valence-corrected chi connectivity index (χ0v) is 12.7. The Morgan fingerprint density at radius 1 is 1.42 bits per heavy atom. The molecular weight excluding hydrogens is 338 g/mol. The number of aliphatic hydroxyl groups excluding tert-OH is 1. The smallest absolute Gasteiger partial charge is 0.324 e. The average Bonchev–Trinajstić information content (AvgIpc) is 2.24. The number of carboxylic acid groups (broad SMARTS) is 1. The molecule has 19 heavy (non-hydrogen) atoms. The molecule has 1 rings (SSSR count). The van der Waals surface area contributed by atoms with E-state index in [4.69, 9.17) is 5.11 Å². The first-order chi connectivity index (χ1) is 8.65. The number of hydrogen-bond donors (Lipinski definition) is 3. The van der Waals surface area contributed by atoms with Crippen LogP contribution in [0, 0.1) is 6.92 Å². The summed E-state index contributed by atoms with van der Waals surface area (Å²) in [5.41, 5.74) is 0.858. The molecule has 3 N–H and O–H groups in total. The van der Waals surface area contributed by atoms with Crippen LogP contribution >= 0.6 is 15.9 Å². The molecule has 0 aliphatic rings. The summed E-state index contributed by atoms with van der Waals surface area (Å²) in [4.78, 5) is 10.8. The van der Waals surface area contributed by atoms with Crippen LogP contribution in [0.3, 0.4) is 0 Å². The molecule has 0 aliphatic carbocycles. The highest BCUT2D eigenvalue weighted by Gasteiger charge is 2.30. The summed E-state index contributed by atoms with van der Waals surface area (Å²) in [6.45, 7) is 3.00. The van der Waals surface area contributed by atoms with Crippen LogP contribution in [0.5, 0.6) is 0 Å². The van der Waals surface area contributed by atoms with E-state index in [1.54, 1.807) is 19.1 Å². The van der Waals surface area contributed by atoms with Crippen molar-refractivity contribution in [3.05, 3.63) is 28.2 Å². The maximum atomic E-state index is 12.1. The minimum atomic E-state index is -4.03. The molecule has 1 aromatic carbocycles. The Hall–Kier alpha value is -0.960. The normalized spacial score (nSPS) is 14.9. The molecule has 0 radical (unpaired) electrons. The van der Waals surface area contributed by atoms with Gasteiger partial charge in [-0.05, 0) is 47.5 Å². The van der Waals surface area contributed by atoms with Crippen LogP contribution < -0.4 is 4.72 Å². The number of aryl methyl sites for hydroxylation is 1. The Kier molecular flexibility index (Phi) is 5.08. The van der Waals surface area contributed by atoms with Gasteiger partial charge < -0.3 is 10.2 Å². The van der Waals surface area contributed by atoms with E-state index in [1.165, 1.54) is 13.0 Å². The fraction of sp³-hybridized carbons (Fsp3) is 0.364. The monoisotopic (exact) mass is 351 g/mol. The summed E-state index contributed by atoms with van der Waals surface area (Å²) >= 11 is 3.12. The van der Waals surface area contributed by atoms with Gasteiger partial charge in [0.2, 0.25) is 10.0 Å². The average molecular weight is 352 g/mol.